The molecule has 0 amide bonds. The minimum atomic E-state index is -5.37. The molecule has 0 saturated carbocycles. The van der Waals surface area contributed by atoms with E-state index in [0.717, 1.165) is 11.8 Å². The maximum atomic E-state index is 11.6. The number of halogens is 2. The predicted molar refractivity (Wildman–Crippen MR) is 48.1 cm³/mol. The second kappa shape index (κ2) is 5.73. The lowest BCUT2D eigenvalue weighted by molar-refractivity contribution is -0.113. The molecule has 0 aromatic heterocycles. The Labute approximate surface area is 79.9 Å². The number of hydrogen-bond acceptors (Lipinski definition) is 4. The fraction of sp³-hybridized carbons (Fsp3) is 0.833. The van der Waals surface area contributed by atoms with E-state index in [4.69, 9.17) is 0 Å². The van der Waals surface area contributed by atoms with Gasteiger partial charge in [0.15, 0.2) is 5.12 Å². The molecule has 0 bridgehead atoms. The summed E-state index contributed by atoms with van der Waals surface area (Å²) in [6, 6.07) is 0. The van der Waals surface area contributed by atoms with Gasteiger partial charge in [0.05, 0.1) is 6.61 Å². The van der Waals surface area contributed by atoms with Gasteiger partial charge in [0.1, 0.15) is 0 Å². The van der Waals surface area contributed by atoms with Crippen LogP contribution in [0.5, 0.6) is 0 Å². The molecule has 0 aromatic carbocycles. The molecule has 0 spiro atoms. The highest BCUT2D eigenvalue weighted by Gasteiger charge is 2.20. The Kier molecular flexibility index (Phi) is 5.76. The van der Waals surface area contributed by atoms with Gasteiger partial charge in [-0.25, -0.2) is 4.57 Å². The lowest BCUT2D eigenvalue weighted by atomic mass is 10.3. The van der Waals surface area contributed by atoms with Crippen molar-refractivity contribution < 1.29 is 22.3 Å². The van der Waals surface area contributed by atoms with Crippen LogP contribution in [0, 0.1) is 5.92 Å². The van der Waals surface area contributed by atoms with Gasteiger partial charge >= 0.3 is 7.99 Å². The Morgan fingerprint density at radius 1 is 1.54 bits per heavy atom. The van der Waals surface area contributed by atoms with Crippen molar-refractivity contribution in [1.82, 2.24) is 0 Å². The average Bonchev–Trinajstić information content (AvgIpc) is 1.95. The highest BCUT2D eigenvalue weighted by atomic mass is 32.2. The van der Waals surface area contributed by atoms with E-state index in [2.05, 4.69) is 4.52 Å². The maximum absolute atomic E-state index is 11.6. The monoisotopic (exact) mass is 232 g/mol. The second-order valence-corrected chi connectivity index (χ2v) is 4.76. The van der Waals surface area contributed by atoms with Gasteiger partial charge in [-0.05, 0) is 0 Å². The number of rotatable bonds is 5. The van der Waals surface area contributed by atoms with Crippen LogP contribution in [0.3, 0.4) is 0 Å². The average molecular weight is 232 g/mol. The highest BCUT2D eigenvalue weighted by Crippen LogP contribution is 2.50. The molecule has 0 fully saturated rings. The third-order valence-electron chi connectivity index (χ3n) is 1.04. The number of hydrogen-bond donors (Lipinski definition) is 0. The summed E-state index contributed by atoms with van der Waals surface area (Å²) in [6.07, 6.45) is 0. The Morgan fingerprint density at radius 2 is 2.08 bits per heavy atom. The van der Waals surface area contributed by atoms with Gasteiger partial charge in [-0.2, -0.15) is 0 Å². The summed E-state index contributed by atoms with van der Waals surface area (Å²) in [6.45, 7) is 3.06. The minimum absolute atomic E-state index is 0.0869. The number of thioether (sulfide) groups is 1. The van der Waals surface area contributed by atoms with Crippen LogP contribution in [0.2, 0.25) is 0 Å². The van der Waals surface area contributed by atoms with Crippen molar-refractivity contribution in [2.75, 3.05) is 12.4 Å². The van der Waals surface area contributed by atoms with E-state index in [1.165, 1.54) is 0 Å². The van der Waals surface area contributed by atoms with E-state index < -0.39 is 7.99 Å². The van der Waals surface area contributed by atoms with E-state index in [1.807, 2.05) is 0 Å². The summed E-state index contributed by atoms with van der Waals surface area (Å²) in [4.78, 5) is 10.9. The molecule has 3 nitrogen and oxygen atoms in total. The van der Waals surface area contributed by atoms with Crippen LogP contribution in [-0.2, 0) is 13.9 Å². The van der Waals surface area contributed by atoms with Crippen LogP contribution in [0.4, 0.5) is 8.39 Å². The molecule has 0 aromatic rings. The van der Waals surface area contributed by atoms with Crippen LogP contribution in [0.25, 0.3) is 0 Å². The first-order chi connectivity index (χ1) is 5.83. The standard InChI is InChI=1S/C6H11F2O3PS/c1-5(2)6(9)13-4-3-11-12(7,8)10/h5H,3-4H2,1-2H3. The number of carbonyl (C=O) groups excluding carboxylic acids is 1. The van der Waals surface area contributed by atoms with Crippen LogP contribution >= 0.6 is 19.8 Å². The molecule has 0 saturated heterocycles. The van der Waals surface area contributed by atoms with Gasteiger partial charge in [0.25, 0.3) is 0 Å². The molecule has 0 rings (SSSR count). The first-order valence-electron chi connectivity index (χ1n) is 3.63. The van der Waals surface area contributed by atoms with Crippen LogP contribution in [0.1, 0.15) is 13.8 Å². The lowest BCUT2D eigenvalue weighted by Gasteiger charge is -2.03. The normalized spacial score (nSPS) is 12.1. The molecule has 0 aliphatic carbocycles. The summed E-state index contributed by atoms with van der Waals surface area (Å²) in [5.74, 6) is -0.0259. The zero-order valence-electron chi connectivity index (χ0n) is 7.33. The third-order valence-corrected chi connectivity index (χ3v) is 2.65. The molecule has 0 atom stereocenters. The third kappa shape index (κ3) is 8.40. The maximum Gasteiger partial charge on any atom is 0.551 e. The first kappa shape index (κ1) is 13.1. The van der Waals surface area contributed by atoms with Crippen molar-refractivity contribution >= 4 is 24.9 Å². The van der Waals surface area contributed by atoms with Crippen molar-refractivity contribution in [1.29, 1.82) is 0 Å². The van der Waals surface area contributed by atoms with Gasteiger partial charge in [0, 0.05) is 11.7 Å². The van der Waals surface area contributed by atoms with E-state index in [9.17, 15) is 17.8 Å². The molecule has 0 aliphatic heterocycles. The molecular formula is C6H11F2O3PS. The number of carbonyl (C=O) groups is 1. The topological polar surface area (TPSA) is 43.4 Å². The summed E-state index contributed by atoms with van der Waals surface area (Å²) in [7, 11) is -5.37. The summed E-state index contributed by atoms with van der Waals surface area (Å²) < 4.78 is 36.7. The smallest absolute Gasteiger partial charge is 0.287 e. The largest absolute Gasteiger partial charge is 0.551 e. The molecule has 0 heterocycles. The molecule has 0 aliphatic rings. The van der Waals surface area contributed by atoms with E-state index in [-0.39, 0.29) is 23.4 Å². The molecule has 0 N–H and O–H groups in total. The summed E-state index contributed by atoms with van der Waals surface area (Å²) in [5, 5.41) is -0.0869. The molecule has 0 radical (unpaired) electrons. The first-order valence-corrected chi connectivity index (χ1v) is 6.02. The SMILES string of the molecule is CC(C)C(=O)SCCOP(=O)(F)F. The molecule has 7 heteroatoms. The van der Waals surface area contributed by atoms with Crippen LogP contribution in [0.15, 0.2) is 0 Å². The van der Waals surface area contributed by atoms with Gasteiger partial charge in [0.2, 0.25) is 0 Å². The zero-order valence-corrected chi connectivity index (χ0v) is 9.04. The van der Waals surface area contributed by atoms with Gasteiger partial charge < -0.3 is 0 Å². The quantitative estimate of drug-likeness (QED) is 0.540. The van der Waals surface area contributed by atoms with Crippen molar-refractivity contribution in [3.05, 3.63) is 0 Å². The Balaban J connectivity index is 3.47. The van der Waals surface area contributed by atoms with Crippen LogP contribution in [-0.4, -0.2) is 17.5 Å². The van der Waals surface area contributed by atoms with Crippen molar-refractivity contribution in [2.24, 2.45) is 5.92 Å². The minimum Gasteiger partial charge on any atom is -0.287 e. The fourth-order valence-electron chi connectivity index (χ4n) is 0.452. The van der Waals surface area contributed by atoms with Gasteiger partial charge in [-0.15, -0.1) is 8.39 Å². The zero-order chi connectivity index (χ0) is 10.5. The van der Waals surface area contributed by atoms with Crippen molar-refractivity contribution in [2.45, 2.75) is 13.8 Å². The van der Waals surface area contributed by atoms with Crippen molar-refractivity contribution in [3.8, 4) is 0 Å². The molecular weight excluding hydrogens is 221 g/mol. The van der Waals surface area contributed by atoms with Gasteiger partial charge in [-0.3, -0.25) is 9.32 Å². The van der Waals surface area contributed by atoms with E-state index >= 15 is 0 Å². The molecule has 78 valence electrons. The molecule has 13 heavy (non-hydrogen) atoms. The Hall–Kier alpha value is 0.0700. The molecule has 0 unspecified atom stereocenters. The van der Waals surface area contributed by atoms with Crippen LogP contribution < -0.4 is 0 Å². The van der Waals surface area contributed by atoms with Crippen molar-refractivity contribution in [3.63, 3.8) is 0 Å². The lowest BCUT2D eigenvalue weighted by Crippen LogP contribution is -2.04. The Morgan fingerprint density at radius 3 is 2.46 bits per heavy atom. The van der Waals surface area contributed by atoms with E-state index in [0.29, 0.717) is 0 Å². The highest BCUT2D eigenvalue weighted by molar-refractivity contribution is 8.13. The summed E-state index contributed by atoms with van der Waals surface area (Å²) >= 11 is 0.907. The summed E-state index contributed by atoms with van der Waals surface area (Å²) in [5.41, 5.74) is 0. The second-order valence-electron chi connectivity index (χ2n) is 2.57. The fourth-order valence-corrected chi connectivity index (χ4v) is 1.58. The van der Waals surface area contributed by atoms with Gasteiger partial charge in [-0.1, -0.05) is 25.6 Å². The van der Waals surface area contributed by atoms with E-state index in [1.54, 1.807) is 13.8 Å². The predicted octanol–water partition coefficient (Wildman–Crippen LogP) is 2.97. The Bertz CT molecular complexity index is 216.